The number of rotatable bonds is 10. The van der Waals surface area contributed by atoms with E-state index in [4.69, 9.17) is 19.3 Å². The molecule has 1 atom stereocenters. The van der Waals surface area contributed by atoms with Gasteiger partial charge in [-0.15, -0.1) is 0 Å². The van der Waals surface area contributed by atoms with Gasteiger partial charge in [0.25, 0.3) is 5.91 Å². The maximum Gasteiger partial charge on any atom is 0.262 e. The van der Waals surface area contributed by atoms with Gasteiger partial charge in [-0.3, -0.25) is 9.59 Å². The monoisotopic (exact) mass is 481 g/mol. The van der Waals surface area contributed by atoms with Crippen LogP contribution in [0, 0.1) is 13.8 Å². The minimum atomic E-state index is -0.333. The Balaban J connectivity index is 1.97. The summed E-state index contributed by atoms with van der Waals surface area (Å²) >= 11 is 0. The van der Waals surface area contributed by atoms with Crippen molar-refractivity contribution >= 4 is 17.5 Å². The average molecular weight is 482 g/mol. The number of ether oxygens (including phenoxy) is 3. The zero-order valence-electron chi connectivity index (χ0n) is 21.5. The van der Waals surface area contributed by atoms with Crippen LogP contribution in [0.15, 0.2) is 41.5 Å². The summed E-state index contributed by atoms with van der Waals surface area (Å²) in [6, 6.07) is 11.5. The summed E-state index contributed by atoms with van der Waals surface area (Å²) < 4.78 is 16.0. The molecule has 3 rings (SSSR count). The van der Waals surface area contributed by atoms with Crippen molar-refractivity contribution < 1.29 is 23.8 Å². The largest absolute Gasteiger partial charge is 0.493 e. The van der Waals surface area contributed by atoms with Crippen LogP contribution in [0.3, 0.4) is 0 Å². The highest BCUT2D eigenvalue weighted by Crippen LogP contribution is 2.37. The molecule has 2 aromatic carbocycles. The lowest BCUT2D eigenvalue weighted by Gasteiger charge is -2.27. The Morgan fingerprint density at radius 2 is 1.77 bits per heavy atom. The molecule has 0 spiro atoms. The minimum absolute atomic E-state index is 0.0659. The fourth-order valence-electron chi connectivity index (χ4n) is 4.11. The fourth-order valence-corrected chi connectivity index (χ4v) is 4.11. The second-order valence-corrected chi connectivity index (χ2v) is 8.58. The average Bonchev–Trinajstić information content (AvgIpc) is 3.32. The number of nitrogens with zero attached hydrogens (tertiary/aromatic N) is 3. The number of carbonyl (C=O) groups is 2. The number of aryl methyl sites for hydroxylation is 2. The van der Waals surface area contributed by atoms with Gasteiger partial charge < -0.3 is 19.1 Å². The van der Waals surface area contributed by atoms with Crippen LogP contribution < -0.4 is 9.47 Å². The molecule has 1 heterocycles. The molecule has 2 amide bonds. The van der Waals surface area contributed by atoms with Gasteiger partial charge in [-0.2, -0.15) is 5.10 Å². The number of benzene rings is 2. The van der Waals surface area contributed by atoms with Crippen molar-refractivity contribution in [3.63, 3.8) is 0 Å². The number of methoxy groups -OCH3 is 3. The summed E-state index contributed by atoms with van der Waals surface area (Å²) in [4.78, 5) is 27.5. The van der Waals surface area contributed by atoms with Crippen molar-refractivity contribution in [1.29, 1.82) is 0 Å². The minimum Gasteiger partial charge on any atom is -0.493 e. The number of carbonyl (C=O) groups excluding carboxylic acids is 2. The van der Waals surface area contributed by atoms with E-state index in [1.807, 2.05) is 24.3 Å². The van der Waals surface area contributed by atoms with E-state index in [2.05, 4.69) is 26.0 Å². The van der Waals surface area contributed by atoms with E-state index in [1.54, 1.807) is 28.3 Å². The molecular formula is C27H35N3O5. The van der Waals surface area contributed by atoms with E-state index in [-0.39, 0.29) is 24.4 Å². The van der Waals surface area contributed by atoms with E-state index < -0.39 is 0 Å². The Morgan fingerprint density at radius 1 is 1.03 bits per heavy atom. The van der Waals surface area contributed by atoms with E-state index in [0.29, 0.717) is 37.5 Å². The van der Waals surface area contributed by atoms with Crippen LogP contribution in [0.5, 0.6) is 11.5 Å². The fraction of sp³-hybridized carbons (Fsp3) is 0.444. The lowest BCUT2D eigenvalue weighted by Crippen LogP contribution is -2.42. The SMILES string of the molecule is CCC(=O)N(CCOC)CC(=O)N1N=C(c2ccc(C)c(C)c2)CC1c1ccc(OC)c(OC)c1. The van der Waals surface area contributed by atoms with Crippen molar-refractivity contribution in [3.8, 4) is 11.5 Å². The van der Waals surface area contributed by atoms with Crippen molar-refractivity contribution in [3.05, 3.63) is 58.7 Å². The lowest BCUT2D eigenvalue weighted by atomic mass is 9.96. The quantitative estimate of drug-likeness (QED) is 0.514. The summed E-state index contributed by atoms with van der Waals surface area (Å²) in [6.45, 7) is 6.55. The molecule has 0 N–H and O–H groups in total. The summed E-state index contributed by atoms with van der Waals surface area (Å²) in [5.41, 5.74) is 5.05. The topological polar surface area (TPSA) is 80.7 Å². The first-order valence-corrected chi connectivity index (χ1v) is 11.8. The zero-order valence-corrected chi connectivity index (χ0v) is 21.5. The van der Waals surface area contributed by atoms with Crippen LogP contribution >= 0.6 is 0 Å². The van der Waals surface area contributed by atoms with Gasteiger partial charge in [0, 0.05) is 26.5 Å². The molecule has 0 saturated heterocycles. The molecule has 1 unspecified atom stereocenters. The predicted molar refractivity (Wildman–Crippen MR) is 135 cm³/mol. The van der Waals surface area contributed by atoms with Crippen LogP contribution in [-0.2, 0) is 14.3 Å². The normalized spacial score (nSPS) is 15.1. The van der Waals surface area contributed by atoms with Gasteiger partial charge in [-0.25, -0.2) is 5.01 Å². The summed E-state index contributed by atoms with van der Waals surface area (Å²) in [5.74, 6) is 0.846. The Kier molecular flexibility index (Phi) is 8.87. The molecule has 2 aromatic rings. The second-order valence-electron chi connectivity index (χ2n) is 8.58. The third-order valence-corrected chi connectivity index (χ3v) is 6.35. The van der Waals surface area contributed by atoms with Crippen LogP contribution in [0.2, 0.25) is 0 Å². The molecule has 35 heavy (non-hydrogen) atoms. The first-order valence-electron chi connectivity index (χ1n) is 11.8. The second kappa shape index (κ2) is 11.8. The first-order chi connectivity index (χ1) is 16.8. The molecule has 1 aliphatic heterocycles. The summed E-state index contributed by atoms with van der Waals surface area (Å²) in [7, 11) is 4.74. The third-order valence-electron chi connectivity index (χ3n) is 6.35. The molecule has 0 aromatic heterocycles. The van der Waals surface area contributed by atoms with Crippen LogP contribution in [-0.4, -0.2) is 68.5 Å². The van der Waals surface area contributed by atoms with Crippen LogP contribution in [0.1, 0.15) is 48.1 Å². The third kappa shape index (κ3) is 6.00. The Morgan fingerprint density at radius 3 is 2.40 bits per heavy atom. The van der Waals surface area contributed by atoms with Crippen molar-refractivity contribution in [2.75, 3.05) is 41.0 Å². The molecule has 8 nitrogen and oxygen atoms in total. The number of hydrogen-bond donors (Lipinski definition) is 0. The van der Waals surface area contributed by atoms with Gasteiger partial charge in [0.05, 0.1) is 32.6 Å². The lowest BCUT2D eigenvalue weighted by molar-refractivity contribution is -0.141. The molecule has 188 valence electrons. The van der Waals surface area contributed by atoms with Gasteiger partial charge in [0.1, 0.15) is 6.54 Å². The number of hydrogen-bond acceptors (Lipinski definition) is 6. The highest BCUT2D eigenvalue weighted by atomic mass is 16.5. The molecular weight excluding hydrogens is 446 g/mol. The van der Waals surface area contributed by atoms with Gasteiger partial charge in [0.15, 0.2) is 11.5 Å². The van der Waals surface area contributed by atoms with Crippen molar-refractivity contribution in [2.24, 2.45) is 5.10 Å². The summed E-state index contributed by atoms with van der Waals surface area (Å²) in [5, 5.41) is 6.27. The van der Waals surface area contributed by atoms with E-state index >= 15 is 0 Å². The smallest absolute Gasteiger partial charge is 0.262 e. The zero-order chi connectivity index (χ0) is 25.5. The van der Waals surface area contributed by atoms with Crippen molar-refractivity contribution in [1.82, 2.24) is 9.91 Å². The standard InChI is InChI=1S/C27H35N3O5/c1-7-26(31)29(12-13-33-4)17-27(32)30-23(21-10-11-24(34-5)25(15-21)35-6)16-22(28-30)20-9-8-18(2)19(3)14-20/h8-11,14-15,23H,7,12-13,16-17H2,1-6H3. The molecule has 0 bridgehead atoms. The Hall–Kier alpha value is -3.39. The van der Waals surface area contributed by atoms with Crippen molar-refractivity contribution in [2.45, 2.75) is 39.7 Å². The first kappa shape index (κ1) is 26.2. The van der Waals surface area contributed by atoms with Gasteiger partial charge >= 0.3 is 0 Å². The highest BCUT2D eigenvalue weighted by molar-refractivity contribution is 6.03. The number of hydrazone groups is 1. The van der Waals surface area contributed by atoms with E-state index in [1.165, 1.54) is 15.5 Å². The maximum absolute atomic E-state index is 13.5. The molecule has 8 heteroatoms. The van der Waals surface area contributed by atoms with E-state index in [0.717, 1.165) is 22.4 Å². The molecule has 1 aliphatic rings. The Labute approximate surface area is 207 Å². The van der Waals surface area contributed by atoms with Crippen LogP contribution in [0.4, 0.5) is 0 Å². The number of amides is 2. The summed E-state index contributed by atoms with van der Waals surface area (Å²) in [6.07, 6.45) is 0.858. The molecule has 0 saturated carbocycles. The predicted octanol–water partition coefficient (Wildman–Crippen LogP) is 3.88. The van der Waals surface area contributed by atoms with Crippen LogP contribution in [0.25, 0.3) is 0 Å². The highest BCUT2D eigenvalue weighted by Gasteiger charge is 2.34. The molecule has 0 fully saturated rings. The molecule has 0 radical (unpaired) electrons. The van der Waals surface area contributed by atoms with Gasteiger partial charge in [0.2, 0.25) is 5.91 Å². The molecule has 0 aliphatic carbocycles. The Bertz CT molecular complexity index is 1100. The van der Waals surface area contributed by atoms with Gasteiger partial charge in [-0.1, -0.05) is 25.1 Å². The maximum atomic E-state index is 13.5. The van der Waals surface area contributed by atoms with Gasteiger partial charge in [-0.05, 0) is 54.3 Å². The van der Waals surface area contributed by atoms with E-state index in [9.17, 15) is 9.59 Å².